The molecule has 1 atom stereocenters. The van der Waals surface area contributed by atoms with Crippen LogP contribution in [0.25, 0.3) is 0 Å². The molecule has 0 aliphatic heterocycles. The zero-order chi connectivity index (χ0) is 15.6. The van der Waals surface area contributed by atoms with E-state index in [4.69, 9.17) is 9.88 Å². The lowest BCUT2D eigenvalue weighted by Crippen LogP contribution is -2.46. The Kier molecular flexibility index (Phi) is 4.77. The Bertz CT molecular complexity index is 573. The van der Waals surface area contributed by atoms with Crippen LogP contribution in [-0.4, -0.2) is 26.0 Å². The van der Waals surface area contributed by atoms with Crippen molar-refractivity contribution in [2.24, 2.45) is 5.14 Å². The number of ether oxygens (including phenoxy) is 1. The molecule has 0 radical (unpaired) electrons. The number of nitrogens with one attached hydrogen (secondary N) is 1. The highest BCUT2D eigenvalue weighted by Gasteiger charge is 2.20. The first kappa shape index (κ1) is 16.5. The van der Waals surface area contributed by atoms with E-state index < -0.39 is 16.1 Å². The minimum Gasteiger partial charge on any atom is -0.481 e. The summed E-state index contributed by atoms with van der Waals surface area (Å²) in [5.74, 6) is 0.155. The zero-order valence-corrected chi connectivity index (χ0v) is 12.8. The molecule has 112 valence electrons. The first-order valence-corrected chi connectivity index (χ1v) is 7.65. The molecule has 6 nitrogen and oxygen atoms in total. The Balaban J connectivity index is 2.72. The van der Waals surface area contributed by atoms with Gasteiger partial charge in [-0.2, -0.15) is 0 Å². The van der Waals surface area contributed by atoms with Crippen molar-refractivity contribution in [2.75, 3.05) is 0 Å². The van der Waals surface area contributed by atoms with Crippen LogP contribution in [-0.2, 0) is 14.8 Å². The Morgan fingerprint density at radius 3 is 2.15 bits per heavy atom. The van der Waals surface area contributed by atoms with Gasteiger partial charge in [-0.3, -0.25) is 4.79 Å². The molecule has 0 aliphatic rings. The number of hydrogen-bond donors (Lipinski definition) is 2. The van der Waals surface area contributed by atoms with Crippen molar-refractivity contribution in [1.82, 2.24) is 5.32 Å². The van der Waals surface area contributed by atoms with E-state index in [0.29, 0.717) is 5.75 Å². The summed E-state index contributed by atoms with van der Waals surface area (Å²) in [7, 11) is -3.72. The highest BCUT2D eigenvalue weighted by molar-refractivity contribution is 7.89. The number of amides is 1. The van der Waals surface area contributed by atoms with E-state index in [1.807, 2.05) is 20.8 Å². The van der Waals surface area contributed by atoms with Gasteiger partial charge in [-0.25, -0.2) is 13.6 Å². The second kappa shape index (κ2) is 5.80. The number of nitrogens with two attached hydrogens (primary N) is 1. The molecule has 0 aliphatic carbocycles. The summed E-state index contributed by atoms with van der Waals surface area (Å²) in [6.07, 6.45) is -0.686. The SMILES string of the molecule is CC(Oc1ccc(S(N)(=O)=O)cc1)C(=O)NC(C)(C)C. The highest BCUT2D eigenvalue weighted by Crippen LogP contribution is 2.16. The van der Waals surface area contributed by atoms with E-state index in [-0.39, 0.29) is 16.3 Å². The molecule has 0 aromatic heterocycles. The first-order chi connectivity index (χ1) is 8.99. The molecule has 0 heterocycles. The molecule has 0 fully saturated rings. The summed E-state index contributed by atoms with van der Waals surface area (Å²) in [6, 6.07) is 5.58. The van der Waals surface area contributed by atoms with Crippen LogP contribution < -0.4 is 15.2 Å². The van der Waals surface area contributed by atoms with Crippen LogP contribution >= 0.6 is 0 Å². The number of primary sulfonamides is 1. The number of carbonyl (C=O) groups excluding carboxylic acids is 1. The lowest BCUT2D eigenvalue weighted by molar-refractivity contribution is -0.128. The van der Waals surface area contributed by atoms with Gasteiger partial charge in [-0.1, -0.05) is 0 Å². The molecule has 1 aromatic rings. The Labute approximate surface area is 119 Å². The molecule has 1 rings (SSSR count). The van der Waals surface area contributed by atoms with E-state index >= 15 is 0 Å². The van der Waals surface area contributed by atoms with Gasteiger partial charge < -0.3 is 10.1 Å². The molecule has 7 heteroatoms. The fourth-order valence-corrected chi connectivity index (χ4v) is 1.95. The zero-order valence-electron chi connectivity index (χ0n) is 12.0. The van der Waals surface area contributed by atoms with Crippen LogP contribution in [0.1, 0.15) is 27.7 Å². The quantitative estimate of drug-likeness (QED) is 0.867. The van der Waals surface area contributed by atoms with Crippen molar-refractivity contribution in [3.63, 3.8) is 0 Å². The molecular formula is C13H20N2O4S. The van der Waals surface area contributed by atoms with Crippen molar-refractivity contribution < 1.29 is 17.9 Å². The van der Waals surface area contributed by atoms with Crippen LogP contribution in [0.4, 0.5) is 0 Å². The fraction of sp³-hybridized carbons (Fsp3) is 0.462. The maximum atomic E-state index is 11.8. The van der Waals surface area contributed by atoms with Gasteiger partial charge in [0.15, 0.2) is 6.10 Å². The van der Waals surface area contributed by atoms with Crippen molar-refractivity contribution in [3.05, 3.63) is 24.3 Å². The van der Waals surface area contributed by atoms with Crippen LogP contribution in [0, 0.1) is 0 Å². The topological polar surface area (TPSA) is 98.5 Å². The van der Waals surface area contributed by atoms with Crippen molar-refractivity contribution in [3.8, 4) is 5.75 Å². The van der Waals surface area contributed by atoms with Gasteiger partial charge in [0, 0.05) is 5.54 Å². The van der Waals surface area contributed by atoms with E-state index in [1.54, 1.807) is 6.92 Å². The van der Waals surface area contributed by atoms with E-state index in [0.717, 1.165) is 0 Å². The second-order valence-electron chi connectivity index (χ2n) is 5.52. The van der Waals surface area contributed by atoms with Gasteiger partial charge in [0.1, 0.15) is 5.75 Å². The summed E-state index contributed by atoms with van der Waals surface area (Å²) in [5.41, 5.74) is -0.341. The largest absolute Gasteiger partial charge is 0.481 e. The summed E-state index contributed by atoms with van der Waals surface area (Å²) >= 11 is 0. The Morgan fingerprint density at radius 2 is 1.75 bits per heavy atom. The number of hydrogen-bond acceptors (Lipinski definition) is 4. The predicted molar refractivity (Wildman–Crippen MR) is 75.8 cm³/mol. The molecule has 0 spiro atoms. The third-order valence-electron chi connectivity index (χ3n) is 2.33. The summed E-state index contributed by atoms with van der Waals surface area (Å²) in [5, 5.41) is 7.79. The molecule has 1 amide bonds. The molecular weight excluding hydrogens is 280 g/mol. The third-order valence-corrected chi connectivity index (χ3v) is 3.26. The van der Waals surface area contributed by atoms with Crippen molar-refractivity contribution in [2.45, 2.75) is 44.2 Å². The number of carbonyl (C=O) groups is 1. The normalized spacial score (nSPS) is 13.7. The Morgan fingerprint density at radius 1 is 1.25 bits per heavy atom. The van der Waals surface area contributed by atoms with Crippen molar-refractivity contribution >= 4 is 15.9 Å². The summed E-state index contributed by atoms with van der Waals surface area (Å²) in [4.78, 5) is 11.8. The smallest absolute Gasteiger partial charge is 0.261 e. The van der Waals surface area contributed by atoms with Gasteiger partial charge in [-0.15, -0.1) is 0 Å². The van der Waals surface area contributed by atoms with E-state index in [1.165, 1.54) is 24.3 Å². The standard InChI is InChI=1S/C13H20N2O4S/c1-9(12(16)15-13(2,3)4)19-10-5-7-11(8-6-10)20(14,17)18/h5-9H,1-4H3,(H,15,16)(H2,14,17,18). The molecule has 0 bridgehead atoms. The fourth-order valence-electron chi connectivity index (χ4n) is 1.44. The average Bonchev–Trinajstić information content (AvgIpc) is 2.26. The first-order valence-electron chi connectivity index (χ1n) is 6.10. The average molecular weight is 300 g/mol. The second-order valence-corrected chi connectivity index (χ2v) is 7.08. The molecule has 1 unspecified atom stereocenters. The minimum absolute atomic E-state index is 0.00311. The number of sulfonamides is 1. The lowest BCUT2D eigenvalue weighted by Gasteiger charge is -2.23. The van der Waals surface area contributed by atoms with Gasteiger partial charge >= 0.3 is 0 Å². The van der Waals surface area contributed by atoms with Gasteiger partial charge in [0.05, 0.1) is 4.90 Å². The number of benzene rings is 1. The van der Waals surface area contributed by atoms with Crippen LogP contribution in [0.2, 0.25) is 0 Å². The monoisotopic (exact) mass is 300 g/mol. The van der Waals surface area contributed by atoms with Crippen LogP contribution in [0.15, 0.2) is 29.2 Å². The van der Waals surface area contributed by atoms with Crippen LogP contribution in [0.5, 0.6) is 5.75 Å². The van der Waals surface area contributed by atoms with E-state index in [9.17, 15) is 13.2 Å². The molecule has 0 saturated carbocycles. The molecule has 20 heavy (non-hydrogen) atoms. The minimum atomic E-state index is -3.72. The Hall–Kier alpha value is -1.60. The lowest BCUT2D eigenvalue weighted by atomic mass is 10.1. The third kappa shape index (κ3) is 5.18. The predicted octanol–water partition coefficient (Wildman–Crippen LogP) is 1.02. The van der Waals surface area contributed by atoms with Gasteiger partial charge in [0.25, 0.3) is 5.91 Å². The summed E-state index contributed by atoms with van der Waals surface area (Å²) in [6.45, 7) is 7.24. The van der Waals surface area contributed by atoms with Gasteiger partial charge in [0.2, 0.25) is 10.0 Å². The highest BCUT2D eigenvalue weighted by atomic mass is 32.2. The molecule has 0 saturated heterocycles. The van der Waals surface area contributed by atoms with E-state index in [2.05, 4.69) is 5.32 Å². The molecule has 3 N–H and O–H groups in total. The summed E-state index contributed by atoms with van der Waals surface area (Å²) < 4.78 is 27.7. The van der Waals surface area contributed by atoms with Gasteiger partial charge in [-0.05, 0) is 52.0 Å². The maximum absolute atomic E-state index is 11.8. The van der Waals surface area contributed by atoms with Crippen molar-refractivity contribution in [1.29, 1.82) is 0 Å². The number of rotatable bonds is 4. The molecule has 1 aromatic carbocycles. The van der Waals surface area contributed by atoms with Crippen LogP contribution in [0.3, 0.4) is 0 Å². The maximum Gasteiger partial charge on any atom is 0.261 e.